The standard InChI is InChI=1S/C13H25N3O2/c1-14-13(16-11-7-3-4-8-11)15-10-6-5-9-12(17)18-2/h11H,3-10H2,1-2H3,(H2,14,15,16). The number of methoxy groups -OCH3 is 1. The van der Waals surface area contributed by atoms with Crippen molar-refractivity contribution in [3.05, 3.63) is 0 Å². The average Bonchev–Trinajstić information content (AvgIpc) is 2.89. The number of nitrogens with one attached hydrogen (secondary N) is 2. The zero-order valence-corrected chi connectivity index (χ0v) is 11.5. The highest BCUT2D eigenvalue weighted by molar-refractivity contribution is 5.79. The van der Waals surface area contributed by atoms with Crippen molar-refractivity contribution in [1.82, 2.24) is 10.6 Å². The van der Waals surface area contributed by atoms with Gasteiger partial charge in [-0.05, 0) is 25.7 Å². The smallest absolute Gasteiger partial charge is 0.305 e. The molecule has 1 rings (SSSR count). The molecule has 5 nitrogen and oxygen atoms in total. The Labute approximate surface area is 109 Å². The first-order chi connectivity index (χ1) is 8.76. The predicted octanol–water partition coefficient (Wildman–Crippen LogP) is 1.44. The number of carbonyl (C=O) groups is 1. The van der Waals surface area contributed by atoms with E-state index in [9.17, 15) is 4.79 Å². The number of esters is 1. The van der Waals surface area contributed by atoms with Crippen LogP contribution in [0.5, 0.6) is 0 Å². The third-order valence-corrected chi connectivity index (χ3v) is 3.25. The molecule has 0 aromatic heterocycles. The SMILES string of the molecule is CN=C(NCCCCC(=O)OC)NC1CCCC1. The van der Waals surface area contributed by atoms with Gasteiger partial charge in [0.15, 0.2) is 5.96 Å². The van der Waals surface area contributed by atoms with Crippen LogP contribution in [0.15, 0.2) is 4.99 Å². The second-order valence-electron chi connectivity index (χ2n) is 4.66. The summed E-state index contributed by atoms with van der Waals surface area (Å²) in [7, 11) is 3.21. The van der Waals surface area contributed by atoms with Crippen molar-refractivity contribution in [1.29, 1.82) is 0 Å². The van der Waals surface area contributed by atoms with Gasteiger partial charge < -0.3 is 15.4 Å². The minimum Gasteiger partial charge on any atom is -0.469 e. The molecule has 0 amide bonds. The van der Waals surface area contributed by atoms with Crippen LogP contribution in [0.2, 0.25) is 0 Å². The molecular weight excluding hydrogens is 230 g/mol. The molecule has 2 N–H and O–H groups in total. The molecule has 104 valence electrons. The first kappa shape index (κ1) is 14.8. The van der Waals surface area contributed by atoms with Crippen LogP contribution >= 0.6 is 0 Å². The highest BCUT2D eigenvalue weighted by Gasteiger charge is 2.15. The fourth-order valence-corrected chi connectivity index (χ4v) is 2.16. The number of carbonyl (C=O) groups excluding carboxylic acids is 1. The minimum atomic E-state index is -0.136. The first-order valence-electron chi connectivity index (χ1n) is 6.80. The van der Waals surface area contributed by atoms with E-state index < -0.39 is 0 Å². The number of hydrogen-bond donors (Lipinski definition) is 2. The van der Waals surface area contributed by atoms with Crippen molar-refractivity contribution < 1.29 is 9.53 Å². The molecule has 1 fully saturated rings. The molecule has 18 heavy (non-hydrogen) atoms. The topological polar surface area (TPSA) is 62.7 Å². The van der Waals surface area contributed by atoms with Gasteiger partial charge in [-0.3, -0.25) is 9.79 Å². The van der Waals surface area contributed by atoms with Gasteiger partial charge in [-0.25, -0.2) is 0 Å². The van der Waals surface area contributed by atoms with Crippen molar-refractivity contribution in [3.63, 3.8) is 0 Å². The molecule has 1 aliphatic rings. The molecule has 0 aromatic rings. The lowest BCUT2D eigenvalue weighted by Crippen LogP contribution is -2.42. The van der Waals surface area contributed by atoms with Gasteiger partial charge in [-0.2, -0.15) is 0 Å². The maximum absolute atomic E-state index is 10.9. The molecule has 1 saturated carbocycles. The maximum Gasteiger partial charge on any atom is 0.305 e. The molecule has 0 aromatic carbocycles. The number of hydrogen-bond acceptors (Lipinski definition) is 3. The van der Waals surface area contributed by atoms with E-state index in [4.69, 9.17) is 0 Å². The van der Waals surface area contributed by atoms with E-state index in [1.54, 1.807) is 7.05 Å². The highest BCUT2D eigenvalue weighted by Crippen LogP contribution is 2.17. The van der Waals surface area contributed by atoms with Crippen LogP contribution in [-0.4, -0.2) is 38.7 Å². The normalized spacial score (nSPS) is 16.7. The van der Waals surface area contributed by atoms with Gasteiger partial charge in [-0.15, -0.1) is 0 Å². The van der Waals surface area contributed by atoms with Gasteiger partial charge in [0.05, 0.1) is 7.11 Å². The molecule has 0 spiro atoms. The largest absolute Gasteiger partial charge is 0.469 e. The second kappa shape index (κ2) is 8.78. The van der Waals surface area contributed by atoms with E-state index in [0.29, 0.717) is 12.5 Å². The number of ether oxygens (including phenoxy) is 1. The van der Waals surface area contributed by atoms with Crippen LogP contribution in [0.1, 0.15) is 44.9 Å². The third kappa shape index (κ3) is 5.89. The molecule has 0 saturated heterocycles. The van der Waals surface area contributed by atoms with Crippen molar-refractivity contribution in [3.8, 4) is 0 Å². The summed E-state index contributed by atoms with van der Waals surface area (Å²) in [6, 6.07) is 0.575. The van der Waals surface area contributed by atoms with E-state index in [-0.39, 0.29) is 5.97 Å². The summed E-state index contributed by atoms with van der Waals surface area (Å²) in [5.74, 6) is 0.739. The van der Waals surface area contributed by atoms with E-state index in [1.165, 1.54) is 32.8 Å². The summed E-state index contributed by atoms with van der Waals surface area (Å²) in [4.78, 5) is 15.1. The molecule has 0 heterocycles. The van der Waals surface area contributed by atoms with E-state index in [0.717, 1.165) is 25.3 Å². The fourth-order valence-electron chi connectivity index (χ4n) is 2.16. The number of nitrogens with zero attached hydrogens (tertiary/aromatic N) is 1. The van der Waals surface area contributed by atoms with Gasteiger partial charge in [-0.1, -0.05) is 12.8 Å². The molecule has 5 heteroatoms. The van der Waals surface area contributed by atoms with Gasteiger partial charge in [0.1, 0.15) is 0 Å². The zero-order valence-electron chi connectivity index (χ0n) is 11.5. The lowest BCUT2D eigenvalue weighted by Gasteiger charge is -2.16. The fraction of sp³-hybridized carbons (Fsp3) is 0.846. The molecule has 0 aliphatic heterocycles. The van der Waals surface area contributed by atoms with E-state index in [1.807, 2.05) is 0 Å². The summed E-state index contributed by atoms with van der Waals surface area (Å²) >= 11 is 0. The van der Waals surface area contributed by atoms with Crippen molar-refractivity contribution in [2.75, 3.05) is 20.7 Å². The Hall–Kier alpha value is -1.26. The van der Waals surface area contributed by atoms with Crippen molar-refractivity contribution in [2.45, 2.75) is 51.0 Å². The molecule has 1 aliphatic carbocycles. The Morgan fingerprint density at radius 1 is 1.33 bits per heavy atom. The number of unbranched alkanes of at least 4 members (excludes halogenated alkanes) is 1. The van der Waals surface area contributed by atoms with E-state index >= 15 is 0 Å². The Morgan fingerprint density at radius 3 is 2.67 bits per heavy atom. The zero-order chi connectivity index (χ0) is 13.2. The summed E-state index contributed by atoms with van der Waals surface area (Å²) in [5, 5.41) is 6.70. The average molecular weight is 255 g/mol. The number of aliphatic imine (C=N–C) groups is 1. The maximum atomic E-state index is 10.9. The van der Waals surface area contributed by atoms with Crippen LogP contribution in [0.3, 0.4) is 0 Å². The van der Waals surface area contributed by atoms with Gasteiger partial charge >= 0.3 is 5.97 Å². The predicted molar refractivity (Wildman–Crippen MR) is 72.6 cm³/mol. The number of rotatable bonds is 6. The molecule has 0 atom stereocenters. The van der Waals surface area contributed by atoms with Crippen LogP contribution in [-0.2, 0) is 9.53 Å². The number of guanidine groups is 1. The van der Waals surface area contributed by atoms with Crippen molar-refractivity contribution in [2.24, 2.45) is 4.99 Å². The Morgan fingerprint density at radius 2 is 2.06 bits per heavy atom. The molecule has 0 bridgehead atoms. The van der Waals surface area contributed by atoms with Crippen LogP contribution in [0.25, 0.3) is 0 Å². The van der Waals surface area contributed by atoms with Gasteiger partial charge in [0.2, 0.25) is 0 Å². The summed E-state index contributed by atoms with van der Waals surface area (Å²) in [6.07, 6.45) is 7.39. The molecule has 0 unspecified atom stereocenters. The van der Waals surface area contributed by atoms with Crippen LogP contribution < -0.4 is 10.6 Å². The first-order valence-corrected chi connectivity index (χ1v) is 6.80. The monoisotopic (exact) mass is 255 g/mol. The highest BCUT2D eigenvalue weighted by atomic mass is 16.5. The lowest BCUT2D eigenvalue weighted by atomic mass is 10.2. The Bertz CT molecular complexity index is 273. The molecule has 0 radical (unpaired) electrons. The Balaban J connectivity index is 2.06. The minimum absolute atomic E-state index is 0.136. The second-order valence-corrected chi connectivity index (χ2v) is 4.66. The van der Waals surface area contributed by atoms with Crippen LogP contribution in [0.4, 0.5) is 0 Å². The van der Waals surface area contributed by atoms with Crippen molar-refractivity contribution >= 4 is 11.9 Å². The van der Waals surface area contributed by atoms with E-state index in [2.05, 4.69) is 20.4 Å². The molecular formula is C13H25N3O2. The third-order valence-electron chi connectivity index (χ3n) is 3.25. The van der Waals surface area contributed by atoms with Crippen LogP contribution in [0, 0.1) is 0 Å². The summed E-state index contributed by atoms with van der Waals surface area (Å²) in [6.45, 7) is 0.837. The lowest BCUT2D eigenvalue weighted by molar-refractivity contribution is -0.140. The van der Waals surface area contributed by atoms with Gasteiger partial charge in [0.25, 0.3) is 0 Å². The summed E-state index contributed by atoms with van der Waals surface area (Å²) < 4.78 is 4.59. The quantitative estimate of drug-likeness (QED) is 0.326. The van der Waals surface area contributed by atoms with Gasteiger partial charge in [0, 0.05) is 26.1 Å². The summed E-state index contributed by atoms with van der Waals surface area (Å²) in [5.41, 5.74) is 0. The Kier molecular flexibility index (Phi) is 7.22.